The number of halogens is 3. The van der Waals surface area contributed by atoms with E-state index in [1.54, 1.807) is 49.5 Å². The highest BCUT2D eigenvalue weighted by atomic mass is 35.5. The van der Waals surface area contributed by atoms with Crippen LogP contribution in [0.1, 0.15) is 63.9 Å². The first-order valence-corrected chi connectivity index (χ1v) is 13.7. The molecule has 5 rings (SSSR count). The van der Waals surface area contributed by atoms with Gasteiger partial charge in [0.05, 0.1) is 40.9 Å². The number of nitrogens with zero attached hydrogens (tertiary/aromatic N) is 5. The van der Waals surface area contributed by atoms with Gasteiger partial charge in [-0.25, -0.2) is 4.68 Å². The van der Waals surface area contributed by atoms with Crippen molar-refractivity contribution in [3.8, 4) is 28.5 Å². The van der Waals surface area contributed by atoms with E-state index >= 15 is 0 Å². The third kappa shape index (κ3) is 6.20. The van der Waals surface area contributed by atoms with Crippen molar-refractivity contribution >= 4 is 23.2 Å². The maximum atomic E-state index is 13.8. The molecule has 1 aliphatic heterocycles. The lowest BCUT2D eigenvalue weighted by Gasteiger charge is -2.22. The Hall–Kier alpha value is -4.36. The van der Waals surface area contributed by atoms with Gasteiger partial charge in [-0.3, -0.25) is 14.6 Å². The van der Waals surface area contributed by atoms with Gasteiger partial charge in [-0.15, -0.1) is 0 Å². The van der Waals surface area contributed by atoms with Crippen LogP contribution in [0, 0.1) is 17.2 Å². The summed E-state index contributed by atoms with van der Waals surface area (Å²) in [7, 11) is 0. The summed E-state index contributed by atoms with van der Waals surface area (Å²) < 4.78 is 29.8. The molecule has 1 N–H and O–H groups in total. The number of alkyl halides is 2. The lowest BCUT2D eigenvalue weighted by Crippen LogP contribution is -2.26. The number of rotatable bonds is 3. The summed E-state index contributed by atoms with van der Waals surface area (Å²) in [5.41, 5.74) is 2.27. The number of hydrogen-bond acceptors (Lipinski definition) is 5. The maximum absolute atomic E-state index is 13.8. The summed E-state index contributed by atoms with van der Waals surface area (Å²) in [5, 5.41) is 16.5. The number of benzene rings is 1. The SMILES string of the molecule is CC.CC1CCCC(n2ccc(-c3cc(Cl)ccc3C#N)cc2=O)c2cc(ccn2)-c2c(cnn2C(F)F)NC1=O. The number of carbonyl (C=O) groups is 1. The van der Waals surface area contributed by atoms with E-state index in [4.69, 9.17) is 11.6 Å². The van der Waals surface area contributed by atoms with E-state index in [0.717, 1.165) is 0 Å². The third-order valence-corrected chi connectivity index (χ3v) is 7.13. The van der Waals surface area contributed by atoms with Crippen LogP contribution < -0.4 is 10.9 Å². The van der Waals surface area contributed by atoms with E-state index in [9.17, 15) is 23.6 Å². The monoisotopic (exact) mass is 578 g/mol. The van der Waals surface area contributed by atoms with Crippen molar-refractivity contribution in [2.45, 2.75) is 52.6 Å². The van der Waals surface area contributed by atoms with Crippen LogP contribution >= 0.6 is 11.6 Å². The first kappa shape index (κ1) is 29.6. The van der Waals surface area contributed by atoms with Crippen LogP contribution in [0.25, 0.3) is 22.4 Å². The van der Waals surface area contributed by atoms with E-state index < -0.39 is 18.5 Å². The predicted molar refractivity (Wildman–Crippen MR) is 154 cm³/mol. The predicted octanol–water partition coefficient (Wildman–Crippen LogP) is 7.07. The molecular weight excluding hydrogens is 550 g/mol. The van der Waals surface area contributed by atoms with E-state index in [2.05, 4.69) is 21.5 Å². The van der Waals surface area contributed by atoms with Crippen LogP contribution in [0.5, 0.6) is 0 Å². The number of anilines is 1. The number of pyridine rings is 2. The van der Waals surface area contributed by atoms with Crippen LogP contribution in [0.2, 0.25) is 5.02 Å². The molecule has 3 aromatic heterocycles. The standard InChI is InChI=1S/C28H23ClF2N6O2.C2H6/c1-16-3-2-4-24(36-10-8-17(12-25(36)38)21-13-20(29)6-5-19(21)14-32)22-11-18(7-9-33-22)26-23(35-27(16)39)15-34-37(26)28(30)31;1-2/h5-13,15-16,24,28H,2-4H2,1H3,(H,35,39);1-2H3. The smallest absolute Gasteiger partial charge is 0.323 e. The van der Waals surface area contributed by atoms with Crippen LogP contribution in [0.3, 0.4) is 0 Å². The molecule has 1 aliphatic rings. The number of hydrogen-bond donors (Lipinski definition) is 1. The Balaban J connectivity index is 0.00000189. The maximum Gasteiger partial charge on any atom is 0.333 e. The highest BCUT2D eigenvalue weighted by molar-refractivity contribution is 6.30. The molecule has 1 aromatic carbocycles. The Kier molecular flexibility index (Phi) is 9.30. The minimum absolute atomic E-state index is 0.0567. The van der Waals surface area contributed by atoms with E-state index in [0.29, 0.717) is 56.9 Å². The van der Waals surface area contributed by atoms with Crippen LogP contribution in [-0.2, 0) is 4.79 Å². The van der Waals surface area contributed by atoms with Crippen molar-refractivity contribution in [1.82, 2.24) is 19.3 Å². The molecular formula is C30H29ClF2N6O2. The van der Waals surface area contributed by atoms with Gasteiger partial charge in [0.25, 0.3) is 5.56 Å². The number of amides is 1. The second-order valence-corrected chi connectivity index (χ2v) is 9.83. The molecule has 0 saturated carbocycles. The normalized spacial score (nSPS) is 16.8. The number of aromatic nitrogens is 4. The second-order valence-electron chi connectivity index (χ2n) is 9.40. The van der Waals surface area contributed by atoms with Gasteiger partial charge in [0.2, 0.25) is 5.91 Å². The Labute approximate surface area is 241 Å². The second kappa shape index (κ2) is 12.9. The molecule has 0 aliphatic carbocycles. The quantitative estimate of drug-likeness (QED) is 0.280. The Morgan fingerprint density at radius 2 is 1.88 bits per heavy atom. The van der Waals surface area contributed by atoms with E-state index in [1.807, 2.05) is 13.8 Å². The summed E-state index contributed by atoms with van der Waals surface area (Å²) in [6.45, 7) is 2.84. The van der Waals surface area contributed by atoms with Crippen molar-refractivity contribution < 1.29 is 13.6 Å². The number of nitrogens with one attached hydrogen (secondary N) is 1. The number of fused-ring (bicyclic) bond motifs is 4. The Morgan fingerprint density at radius 3 is 2.59 bits per heavy atom. The number of nitriles is 1. The van der Waals surface area contributed by atoms with Gasteiger partial charge in [0.1, 0.15) is 0 Å². The molecule has 4 heterocycles. The molecule has 0 saturated heterocycles. The first-order chi connectivity index (χ1) is 19.8. The molecule has 8 nitrogen and oxygen atoms in total. The van der Waals surface area contributed by atoms with Crippen molar-refractivity contribution in [2.24, 2.45) is 5.92 Å². The summed E-state index contributed by atoms with van der Waals surface area (Å²) in [6.07, 6.45) is 5.94. The Morgan fingerprint density at radius 1 is 1.10 bits per heavy atom. The number of carbonyl (C=O) groups excluding carboxylic acids is 1. The average Bonchev–Trinajstić information content (AvgIpc) is 3.40. The summed E-state index contributed by atoms with van der Waals surface area (Å²) in [6, 6.07) is 12.8. The highest BCUT2D eigenvalue weighted by Gasteiger charge is 2.26. The molecule has 212 valence electrons. The summed E-state index contributed by atoms with van der Waals surface area (Å²) in [5.74, 6) is -0.696. The molecule has 1 amide bonds. The lowest BCUT2D eigenvalue weighted by molar-refractivity contribution is -0.119. The van der Waals surface area contributed by atoms with E-state index in [1.165, 1.54) is 23.0 Å². The summed E-state index contributed by atoms with van der Waals surface area (Å²) in [4.78, 5) is 30.7. The van der Waals surface area contributed by atoms with Crippen LogP contribution in [-0.4, -0.2) is 25.2 Å². The fourth-order valence-corrected chi connectivity index (χ4v) is 5.04. The lowest BCUT2D eigenvalue weighted by atomic mass is 9.96. The molecule has 0 radical (unpaired) electrons. The fourth-order valence-electron chi connectivity index (χ4n) is 4.87. The van der Waals surface area contributed by atoms with Gasteiger partial charge in [0.15, 0.2) is 0 Å². The Bertz CT molecular complexity index is 1660. The van der Waals surface area contributed by atoms with Crippen LogP contribution in [0.4, 0.5) is 14.5 Å². The minimum atomic E-state index is -2.93. The zero-order valence-electron chi connectivity index (χ0n) is 22.8. The van der Waals surface area contributed by atoms with Crippen molar-refractivity contribution in [3.63, 3.8) is 0 Å². The fraction of sp³-hybridized carbons (Fsp3) is 0.300. The molecule has 11 heteroatoms. The van der Waals surface area contributed by atoms with Gasteiger partial charge in [0, 0.05) is 40.5 Å². The van der Waals surface area contributed by atoms with Gasteiger partial charge < -0.3 is 9.88 Å². The zero-order valence-corrected chi connectivity index (χ0v) is 23.6. The van der Waals surface area contributed by atoms with Gasteiger partial charge >= 0.3 is 6.55 Å². The summed E-state index contributed by atoms with van der Waals surface area (Å²) >= 11 is 6.14. The van der Waals surface area contributed by atoms with Gasteiger partial charge in [-0.2, -0.15) is 19.1 Å². The van der Waals surface area contributed by atoms with Crippen molar-refractivity contribution in [1.29, 1.82) is 5.26 Å². The largest absolute Gasteiger partial charge is 0.333 e. The molecule has 2 bridgehead atoms. The van der Waals surface area contributed by atoms with Gasteiger partial charge in [-0.05, 0) is 54.8 Å². The molecule has 0 fully saturated rings. The molecule has 41 heavy (non-hydrogen) atoms. The van der Waals surface area contributed by atoms with Gasteiger partial charge in [-0.1, -0.05) is 38.8 Å². The third-order valence-electron chi connectivity index (χ3n) is 6.89. The molecule has 2 unspecified atom stereocenters. The average molecular weight is 579 g/mol. The van der Waals surface area contributed by atoms with Crippen LogP contribution in [0.15, 0.2) is 65.8 Å². The molecule has 4 aromatic rings. The minimum Gasteiger partial charge on any atom is -0.323 e. The van der Waals surface area contributed by atoms with E-state index in [-0.39, 0.29) is 22.8 Å². The highest BCUT2D eigenvalue weighted by Crippen LogP contribution is 2.35. The van der Waals surface area contributed by atoms with Crippen molar-refractivity contribution in [2.75, 3.05) is 5.32 Å². The molecule has 2 atom stereocenters. The van der Waals surface area contributed by atoms with Crippen molar-refractivity contribution in [3.05, 3.63) is 87.7 Å². The molecule has 0 spiro atoms. The first-order valence-electron chi connectivity index (χ1n) is 13.3. The topological polar surface area (TPSA) is 106 Å². The zero-order chi connectivity index (χ0) is 29.7.